The van der Waals surface area contributed by atoms with E-state index in [1.54, 1.807) is 47.4 Å². The van der Waals surface area contributed by atoms with Crippen molar-refractivity contribution < 1.29 is 14.7 Å². The summed E-state index contributed by atoms with van der Waals surface area (Å²) < 4.78 is 1.61. The molecule has 2 heterocycles. The number of nitrogens with zero attached hydrogens (tertiary/aromatic N) is 5. The molecule has 1 saturated carbocycles. The molecule has 3 aromatic rings. The zero-order valence-corrected chi connectivity index (χ0v) is 18.8. The van der Waals surface area contributed by atoms with Crippen molar-refractivity contribution in [3.05, 3.63) is 66.1 Å². The molecule has 0 unspecified atom stereocenters. The minimum Gasteiger partial charge on any atom is -0.480 e. The molecule has 1 N–H and O–H groups in total. The first-order chi connectivity index (χ1) is 16.1. The zero-order chi connectivity index (χ0) is 23.8. The summed E-state index contributed by atoms with van der Waals surface area (Å²) >= 11 is 0. The number of carbonyl (C=O) groups is 2. The van der Waals surface area contributed by atoms with Gasteiger partial charge in [-0.2, -0.15) is 10.4 Å². The number of nitriles is 1. The fourth-order valence-corrected chi connectivity index (χ4v) is 3.99. The lowest BCUT2D eigenvalue weighted by atomic mass is 10.1. The highest BCUT2D eigenvalue weighted by atomic mass is 16.4. The average molecular weight is 446 g/mol. The highest BCUT2D eigenvalue weighted by Gasteiger charge is 2.31. The number of carboxylic acids is 1. The number of carbonyl (C=O) groups excluding carboxylic acids is 1. The first kappa shape index (κ1) is 23.7. The zero-order valence-electron chi connectivity index (χ0n) is 18.8. The summed E-state index contributed by atoms with van der Waals surface area (Å²) in [5, 5.41) is 23.2. The number of amides is 1. The van der Waals surface area contributed by atoms with Crippen LogP contribution in [0.5, 0.6) is 0 Å². The van der Waals surface area contributed by atoms with Crippen molar-refractivity contribution in [1.29, 1.82) is 5.26 Å². The van der Waals surface area contributed by atoms with Crippen LogP contribution >= 0.6 is 0 Å². The molecule has 0 saturated heterocycles. The van der Waals surface area contributed by atoms with E-state index in [0.717, 1.165) is 31.2 Å². The number of pyridine rings is 1. The third-order valence-corrected chi connectivity index (χ3v) is 5.46. The highest BCUT2D eigenvalue weighted by molar-refractivity contribution is 5.95. The summed E-state index contributed by atoms with van der Waals surface area (Å²) in [5.41, 5.74) is 2.73. The number of aromatic nitrogens is 3. The van der Waals surface area contributed by atoms with E-state index in [4.69, 9.17) is 0 Å². The second kappa shape index (κ2) is 11.0. The smallest absolute Gasteiger partial charge is 0.323 e. The van der Waals surface area contributed by atoms with Gasteiger partial charge in [0.2, 0.25) is 0 Å². The van der Waals surface area contributed by atoms with E-state index < -0.39 is 11.9 Å². The third kappa shape index (κ3) is 5.44. The molecule has 0 atom stereocenters. The van der Waals surface area contributed by atoms with Crippen molar-refractivity contribution in [3.63, 3.8) is 0 Å². The van der Waals surface area contributed by atoms with Gasteiger partial charge in [-0.15, -0.1) is 0 Å². The van der Waals surface area contributed by atoms with Crippen LogP contribution in [0.3, 0.4) is 0 Å². The molecule has 1 aliphatic carbocycles. The Morgan fingerprint density at radius 1 is 1.15 bits per heavy atom. The van der Waals surface area contributed by atoms with E-state index in [2.05, 4.69) is 16.2 Å². The molecule has 0 bridgehead atoms. The fourth-order valence-electron chi connectivity index (χ4n) is 3.99. The van der Waals surface area contributed by atoms with E-state index in [0.29, 0.717) is 16.9 Å². The maximum Gasteiger partial charge on any atom is 0.323 e. The van der Waals surface area contributed by atoms with Gasteiger partial charge in [0.1, 0.15) is 6.54 Å². The molecule has 1 amide bonds. The van der Waals surface area contributed by atoms with Crippen LogP contribution in [-0.2, 0) is 4.79 Å². The van der Waals surface area contributed by atoms with Gasteiger partial charge < -0.3 is 10.0 Å². The molecule has 0 aliphatic heterocycles. The van der Waals surface area contributed by atoms with E-state index in [-0.39, 0.29) is 18.3 Å². The number of aliphatic carboxylic acids is 1. The van der Waals surface area contributed by atoms with Crippen molar-refractivity contribution in [3.8, 4) is 23.0 Å². The van der Waals surface area contributed by atoms with Crippen molar-refractivity contribution in [2.45, 2.75) is 45.6 Å². The van der Waals surface area contributed by atoms with Crippen molar-refractivity contribution in [2.75, 3.05) is 6.54 Å². The second-order valence-corrected chi connectivity index (χ2v) is 7.49. The summed E-state index contributed by atoms with van der Waals surface area (Å²) in [6.07, 6.45) is 6.84. The van der Waals surface area contributed by atoms with Crippen LogP contribution in [0.2, 0.25) is 0 Å². The summed E-state index contributed by atoms with van der Waals surface area (Å²) in [6, 6.07) is 14.2. The van der Waals surface area contributed by atoms with E-state index >= 15 is 0 Å². The van der Waals surface area contributed by atoms with Crippen molar-refractivity contribution in [2.24, 2.45) is 0 Å². The minimum absolute atomic E-state index is 0.0972. The van der Waals surface area contributed by atoms with Gasteiger partial charge in [-0.25, -0.2) is 4.68 Å². The van der Waals surface area contributed by atoms with Gasteiger partial charge in [0.25, 0.3) is 5.91 Å². The molecular formula is C25H27N5O3. The van der Waals surface area contributed by atoms with Crippen LogP contribution in [0.15, 0.2) is 54.9 Å². The summed E-state index contributed by atoms with van der Waals surface area (Å²) in [7, 11) is 0. The molecule has 0 radical (unpaired) electrons. The number of hydrogen-bond acceptors (Lipinski definition) is 5. The van der Waals surface area contributed by atoms with E-state index in [9.17, 15) is 20.0 Å². The molecule has 4 rings (SSSR count). The lowest BCUT2D eigenvalue weighted by Gasteiger charge is -2.26. The third-order valence-electron chi connectivity index (χ3n) is 5.46. The van der Waals surface area contributed by atoms with Gasteiger partial charge >= 0.3 is 5.97 Å². The first-order valence-corrected chi connectivity index (χ1v) is 11.1. The Labute approximate surface area is 193 Å². The van der Waals surface area contributed by atoms with Gasteiger partial charge in [-0.3, -0.25) is 14.6 Å². The monoisotopic (exact) mass is 445 g/mol. The second-order valence-electron chi connectivity index (χ2n) is 7.49. The number of rotatable bonds is 6. The van der Waals surface area contributed by atoms with Crippen molar-refractivity contribution in [1.82, 2.24) is 19.7 Å². The Hall–Kier alpha value is -3.99. The van der Waals surface area contributed by atoms with Crippen LogP contribution in [0.25, 0.3) is 16.9 Å². The SMILES string of the molecule is CC.N#Cc1cccc(-n2nc(C(=O)N(CC(=O)O)C3CCCC3)cc2-c2ccncc2)c1. The molecule has 170 valence electrons. The van der Waals surface area contributed by atoms with Gasteiger partial charge in [-0.05, 0) is 49.2 Å². The Morgan fingerprint density at radius 2 is 1.85 bits per heavy atom. The Balaban J connectivity index is 0.00000149. The lowest BCUT2D eigenvalue weighted by Crippen LogP contribution is -2.42. The Kier molecular flexibility index (Phi) is 7.92. The predicted octanol–water partition coefficient (Wildman–Crippen LogP) is 4.30. The largest absolute Gasteiger partial charge is 0.480 e. The van der Waals surface area contributed by atoms with Crippen LogP contribution in [0, 0.1) is 11.3 Å². The topological polar surface area (TPSA) is 112 Å². The molecule has 1 fully saturated rings. The lowest BCUT2D eigenvalue weighted by molar-refractivity contribution is -0.138. The van der Waals surface area contributed by atoms with Crippen LogP contribution in [0.4, 0.5) is 0 Å². The quantitative estimate of drug-likeness (QED) is 0.605. The van der Waals surface area contributed by atoms with Crippen LogP contribution in [0.1, 0.15) is 55.6 Å². The molecule has 2 aromatic heterocycles. The van der Waals surface area contributed by atoms with Gasteiger partial charge in [0.15, 0.2) is 5.69 Å². The molecule has 8 nitrogen and oxygen atoms in total. The Morgan fingerprint density at radius 3 is 2.48 bits per heavy atom. The molecule has 0 spiro atoms. The fraction of sp³-hybridized carbons (Fsp3) is 0.320. The molecule has 8 heteroatoms. The summed E-state index contributed by atoms with van der Waals surface area (Å²) in [6.45, 7) is 3.64. The van der Waals surface area contributed by atoms with Gasteiger partial charge in [-0.1, -0.05) is 32.8 Å². The Bertz CT molecular complexity index is 1140. The minimum atomic E-state index is -1.05. The molecule has 1 aromatic carbocycles. The standard InChI is InChI=1S/C23H21N5O3.C2H6/c24-14-16-4-3-7-19(12-16)28-21(17-8-10-25-11-9-17)13-20(26-28)23(31)27(15-22(29)30)18-5-1-2-6-18;1-2/h3-4,7-13,18H,1-2,5-6,15H2,(H,29,30);1-2H3. The number of benzene rings is 1. The van der Waals surface area contributed by atoms with Crippen molar-refractivity contribution >= 4 is 11.9 Å². The predicted molar refractivity (Wildman–Crippen MR) is 124 cm³/mol. The highest BCUT2D eigenvalue weighted by Crippen LogP contribution is 2.28. The molecular weight excluding hydrogens is 418 g/mol. The number of hydrogen-bond donors (Lipinski definition) is 1. The molecule has 33 heavy (non-hydrogen) atoms. The maximum atomic E-state index is 13.3. The first-order valence-electron chi connectivity index (χ1n) is 11.1. The van der Waals surface area contributed by atoms with Crippen LogP contribution in [-0.4, -0.2) is 49.2 Å². The summed E-state index contributed by atoms with van der Waals surface area (Å²) in [4.78, 5) is 30.2. The van der Waals surface area contributed by atoms with Gasteiger partial charge in [0, 0.05) is 24.0 Å². The summed E-state index contributed by atoms with van der Waals surface area (Å²) in [5.74, 6) is -1.45. The normalized spacial score (nSPS) is 13.0. The van der Waals surface area contributed by atoms with E-state index in [1.807, 2.05) is 26.0 Å². The van der Waals surface area contributed by atoms with Crippen LogP contribution < -0.4 is 0 Å². The maximum absolute atomic E-state index is 13.3. The number of carboxylic acid groups (broad SMARTS) is 1. The van der Waals surface area contributed by atoms with Gasteiger partial charge in [0.05, 0.1) is 23.0 Å². The average Bonchev–Trinajstić information content (AvgIpc) is 3.54. The van der Waals surface area contributed by atoms with E-state index in [1.165, 1.54) is 4.90 Å². The molecule has 1 aliphatic rings.